The van der Waals surface area contributed by atoms with Gasteiger partial charge in [0.1, 0.15) is 0 Å². The second kappa shape index (κ2) is 6.71. The third kappa shape index (κ3) is 3.42. The zero-order valence-corrected chi connectivity index (χ0v) is 15.3. The van der Waals surface area contributed by atoms with E-state index in [0.29, 0.717) is 10.7 Å². The Morgan fingerprint density at radius 2 is 2.00 bits per heavy atom. The standard InChI is InChI=1S/C12H10Cl2N2O2.K/c1-6-10(12(18)16(2)15-6)11(17)8-4-3-7(13)5-9(8)14;/h3-5,18H,1-2H3;/q;+1/p-1. The molecule has 0 bridgehead atoms. The van der Waals surface area contributed by atoms with Gasteiger partial charge in [0.2, 0.25) is 0 Å². The van der Waals surface area contributed by atoms with Crippen molar-refractivity contribution < 1.29 is 61.3 Å². The molecule has 4 nitrogen and oxygen atoms in total. The van der Waals surface area contributed by atoms with Gasteiger partial charge in [-0.25, -0.2) is 0 Å². The van der Waals surface area contributed by atoms with Crippen LogP contribution in [0.5, 0.6) is 5.88 Å². The van der Waals surface area contributed by atoms with E-state index in [4.69, 9.17) is 23.2 Å². The average Bonchev–Trinajstić information content (AvgIpc) is 2.52. The summed E-state index contributed by atoms with van der Waals surface area (Å²) in [6, 6.07) is 4.52. The largest absolute Gasteiger partial charge is 1.00 e. The van der Waals surface area contributed by atoms with Crippen LogP contribution in [0.4, 0.5) is 0 Å². The van der Waals surface area contributed by atoms with E-state index in [2.05, 4.69) is 5.10 Å². The maximum atomic E-state index is 12.3. The fourth-order valence-corrected chi connectivity index (χ4v) is 2.20. The number of hydrogen-bond acceptors (Lipinski definition) is 3. The van der Waals surface area contributed by atoms with Gasteiger partial charge in [-0.05, 0) is 31.0 Å². The minimum Gasteiger partial charge on any atom is -0.858 e. The van der Waals surface area contributed by atoms with Crippen LogP contribution in [-0.4, -0.2) is 15.6 Å². The Bertz CT molecular complexity index is 641. The first-order chi connectivity index (χ1) is 8.41. The summed E-state index contributed by atoms with van der Waals surface area (Å²) in [6.45, 7) is 1.61. The number of hydrogen-bond donors (Lipinski definition) is 0. The van der Waals surface area contributed by atoms with Crippen molar-refractivity contribution in [1.82, 2.24) is 9.78 Å². The van der Waals surface area contributed by atoms with Crippen LogP contribution in [-0.2, 0) is 7.05 Å². The molecule has 1 aromatic carbocycles. The molecule has 1 heterocycles. The Kier molecular flexibility index (Phi) is 6.07. The molecule has 0 spiro atoms. The minimum absolute atomic E-state index is 0. The Hall–Kier alpha value is 0.116. The topological polar surface area (TPSA) is 57.9 Å². The van der Waals surface area contributed by atoms with Crippen LogP contribution >= 0.6 is 23.2 Å². The predicted octanol–water partition coefficient (Wildman–Crippen LogP) is -0.656. The SMILES string of the molecule is Cc1nn(C)c([O-])c1C(=O)c1ccc(Cl)cc1Cl.[K+]. The normalized spacial score (nSPS) is 10.1. The van der Waals surface area contributed by atoms with Gasteiger partial charge < -0.3 is 5.11 Å². The molecule has 0 unspecified atom stereocenters. The van der Waals surface area contributed by atoms with Crippen molar-refractivity contribution in [3.05, 3.63) is 45.1 Å². The number of benzene rings is 1. The molecule has 7 heteroatoms. The quantitative estimate of drug-likeness (QED) is 0.545. The second-order valence-electron chi connectivity index (χ2n) is 3.84. The average molecular weight is 323 g/mol. The van der Waals surface area contributed by atoms with Crippen molar-refractivity contribution >= 4 is 29.0 Å². The summed E-state index contributed by atoms with van der Waals surface area (Å²) in [7, 11) is 1.50. The Balaban J connectivity index is 0.00000180. The first-order valence-electron chi connectivity index (χ1n) is 5.12. The summed E-state index contributed by atoms with van der Waals surface area (Å²) >= 11 is 11.7. The van der Waals surface area contributed by atoms with E-state index >= 15 is 0 Å². The number of rotatable bonds is 2. The molecule has 19 heavy (non-hydrogen) atoms. The minimum atomic E-state index is -0.438. The number of aromatic nitrogens is 2. The summed E-state index contributed by atoms with van der Waals surface area (Å²) in [5, 5.41) is 16.4. The van der Waals surface area contributed by atoms with E-state index < -0.39 is 11.7 Å². The van der Waals surface area contributed by atoms with E-state index in [0.717, 1.165) is 4.68 Å². The second-order valence-corrected chi connectivity index (χ2v) is 4.69. The fourth-order valence-electron chi connectivity index (χ4n) is 1.71. The maximum absolute atomic E-state index is 12.3. The van der Waals surface area contributed by atoms with E-state index in [1.807, 2.05) is 0 Å². The predicted molar refractivity (Wildman–Crippen MR) is 67.3 cm³/mol. The first-order valence-corrected chi connectivity index (χ1v) is 5.87. The Morgan fingerprint density at radius 1 is 1.37 bits per heavy atom. The number of nitrogens with zero attached hydrogens (tertiary/aromatic N) is 2. The molecule has 0 saturated carbocycles. The third-order valence-electron chi connectivity index (χ3n) is 2.57. The van der Waals surface area contributed by atoms with Crippen molar-refractivity contribution in [2.75, 3.05) is 0 Å². The number of halogens is 2. The van der Waals surface area contributed by atoms with Crippen LogP contribution in [0.25, 0.3) is 0 Å². The molecule has 0 aliphatic heterocycles. The zero-order valence-electron chi connectivity index (χ0n) is 10.7. The molecule has 0 amide bonds. The van der Waals surface area contributed by atoms with Crippen molar-refractivity contribution in [3.8, 4) is 5.88 Å². The molecule has 94 valence electrons. The van der Waals surface area contributed by atoms with Crippen molar-refractivity contribution in [3.63, 3.8) is 0 Å². The van der Waals surface area contributed by atoms with E-state index in [1.165, 1.54) is 19.2 Å². The summed E-state index contributed by atoms with van der Waals surface area (Å²) in [5.74, 6) is -0.865. The zero-order chi connectivity index (χ0) is 13.4. The van der Waals surface area contributed by atoms with Crippen molar-refractivity contribution in [2.24, 2.45) is 7.05 Å². The summed E-state index contributed by atoms with van der Waals surface area (Å²) in [5.41, 5.74) is 0.675. The number of ketones is 1. The van der Waals surface area contributed by atoms with Gasteiger partial charge >= 0.3 is 51.4 Å². The molecule has 0 aliphatic rings. The van der Waals surface area contributed by atoms with Gasteiger partial charge in [-0.2, -0.15) is 5.10 Å². The number of carbonyl (C=O) groups excluding carboxylic acids is 1. The molecule has 0 saturated heterocycles. The van der Waals surface area contributed by atoms with Gasteiger partial charge in [-0.1, -0.05) is 23.2 Å². The molecule has 0 N–H and O–H groups in total. The van der Waals surface area contributed by atoms with Gasteiger partial charge in [-0.15, -0.1) is 0 Å². The van der Waals surface area contributed by atoms with Crippen LogP contribution in [0, 0.1) is 6.92 Å². The van der Waals surface area contributed by atoms with Crippen LogP contribution in [0.2, 0.25) is 10.0 Å². The maximum Gasteiger partial charge on any atom is 1.00 e. The summed E-state index contributed by atoms with van der Waals surface area (Å²) < 4.78 is 1.13. The summed E-state index contributed by atoms with van der Waals surface area (Å²) in [6.07, 6.45) is 0. The molecular formula is C12H9Cl2KN2O2. The molecule has 2 aromatic rings. The molecule has 1 aromatic heterocycles. The van der Waals surface area contributed by atoms with E-state index in [9.17, 15) is 9.90 Å². The van der Waals surface area contributed by atoms with Gasteiger partial charge in [0.05, 0.1) is 16.3 Å². The molecular weight excluding hydrogens is 314 g/mol. The van der Waals surface area contributed by atoms with Gasteiger partial charge in [0.25, 0.3) is 0 Å². The molecule has 0 fully saturated rings. The van der Waals surface area contributed by atoms with Crippen LogP contribution in [0.15, 0.2) is 18.2 Å². The van der Waals surface area contributed by atoms with Gasteiger partial charge in [0.15, 0.2) is 5.78 Å². The van der Waals surface area contributed by atoms with Crippen LogP contribution in [0.3, 0.4) is 0 Å². The van der Waals surface area contributed by atoms with Crippen LogP contribution < -0.4 is 56.5 Å². The van der Waals surface area contributed by atoms with Gasteiger partial charge in [0, 0.05) is 17.6 Å². The van der Waals surface area contributed by atoms with E-state index in [-0.39, 0.29) is 67.5 Å². The Morgan fingerprint density at radius 3 is 2.47 bits per heavy atom. The van der Waals surface area contributed by atoms with Crippen molar-refractivity contribution in [1.29, 1.82) is 0 Å². The van der Waals surface area contributed by atoms with Crippen LogP contribution in [0.1, 0.15) is 21.6 Å². The van der Waals surface area contributed by atoms with Gasteiger partial charge in [-0.3, -0.25) is 9.48 Å². The fraction of sp³-hybridized carbons (Fsp3) is 0.167. The molecule has 0 atom stereocenters. The van der Waals surface area contributed by atoms with E-state index in [1.54, 1.807) is 13.0 Å². The first kappa shape index (κ1) is 17.2. The Labute approximate surface area is 163 Å². The number of aryl methyl sites for hydroxylation is 2. The third-order valence-corrected chi connectivity index (χ3v) is 3.12. The molecule has 0 radical (unpaired) electrons. The smallest absolute Gasteiger partial charge is 0.858 e. The number of carbonyl (C=O) groups is 1. The molecule has 2 rings (SSSR count). The monoisotopic (exact) mass is 322 g/mol. The van der Waals surface area contributed by atoms with Crippen molar-refractivity contribution in [2.45, 2.75) is 6.92 Å². The summed E-state index contributed by atoms with van der Waals surface area (Å²) in [4.78, 5) is 12.3. The molecule has 0 aliphatic carbocycles.